The van der Waals surface area contributed by atoms with E-state index in [2.05, 4.69) is 71.9 Å². The molecule has 2 atom stereocenters. The van der Waals surface area contributed by atoms with Crippen LogP contribution in [-0.2, 0) is 26.2 Å². The van der Waals surface area contributed by atoms with Crippen molar-refractivity contribution in [2.24, 2.45) is 11.3 Å². The maximum absolute atomic E-state index is 3.44. The quantitative estimate of drug-likeness (QED) is 0.373. The van der Waals surface area contributed by atoms with E-state index >= 15 is 0 Å². The summed E-state index contributed by atoms with van der Waals surface area (Å²) in [4.78, 5) is 0. The fraction of sp³-hybridized carbons (Fsp3) is 0.609. The average molecular weight is 501 g/mol. The van der Waals surface area contributed by atoms with Crippen LogP contribution in [0, 0.1) is 23.8 Å². The third-order valence-electron chi connectivity index (χ3n) is 7.14. The van der Waals surface area contributed by atoms with Crippen LogP contribution in [0.1, 0.15) is 53.9 Å². The molecule has 1 heterocycles. The summed E-state index contributed by atoms with van der Waals surface area (Å²) >= 11 is 0. The second kappa shape index (κ2) is 10.6. The van der Waals surface area contributed by atoms with Crippen molar-refractivity contribution in [3.8, 4) is 0 Å². The Morgan fingerprint density at radius 2 is 1.78 bits per heavy atom. The van der Waals surface area contributed by atoms with Gasteiger partial charge in [0.15, 0.2) is 0 Å². The van der Waals surface area contributed by atoms with Gasteiger partial charge in [0.1, 0.15) is 0 Å². The molecule has 27 heavy (non-hydrogen) atoms. The van der Waals surface area contributed by atoms with E-state index in [1.807, 2.05) is 0 Å². The Morgan fingerprint density at radius 1 is 1.15 bits per heavy atom. The van der Waals surface area contributed by atoms with Gasteiger partial charge >= 0.3 is 26.2 Å². The molecule has 0 bridgehead atoms. The van der Waals surface area contributed by atoms with E-state index in [9.17, 15) is 0 Å². The van der Waals surface area contributed by atoms with Gasteiger partial charge in [-0.05, 0) is 12.3 Å². The molecule has 4 aliphatic rings. The zero-order chi connectivity index (χ0) is 17.5. The molecule has 0 aromatic carbocycles. The van der Waals surface area contributed by atoms with Crippen LogP contribution in [0.15, 0.2) is 40.5 Å². The minimum Gasteiger partial charge on any atom is -1.00 e. The van der Waals surface area contributed by atoms with Crippen molar-refractivity contribution in [1.29, 1.82) is 0 Å². The predicted molar refractivity (Wildman–Crippen MR) is 108 cm³/mol. The Kier molecular flexibility index (Phi) is 10.9. The monoisotopic (exact) mass is 498 g/mol. The summed E-state index contributed by atoms with van der Waals surface area (Å²) in [6.07, 6.45) is 17.3. The van der Waals surface area contributed by atoms with Crippen molar-refractivity contribution in [2.75, 3.05) is 0 Å². The van der Waals surface area contributed by atoms with Gasteiger partial charge in [0.25, 0.3) is 0 Å². The standard InChI is InChI=1S/C13H19Si.C10H15.2ClH.Zr/c1-14(9-4-10-14)13-8-7-11-5-2-3-6-12(11)13;1-7-6-10(4,5)9(3)8(7)2;;;/h2-3,6,8,11,13H,4-5,7,9-10H2,1H3;1-5H3;2*1H;/q2*-1;;;+4/p-2. The van der Waals surface area contributed by atoms with E-state index in [1.165, 1.54) is 36.0 Å². The van der Waals surface area contributed by atoms with Gasteiger partial charge in [-0.1, -0.05) is 82.0 Å². The molecular formula is C23H34Cl2SiZr. The van der Waals surface area contributed by atoms with Crippen LogP contribution in [0.2, 0.25) is 24.2 Å². The molecule has 1 aliphatic heterocycles. The van der Waals surface area contributed by atoms with Crippen molar-refractivity contribution >= 4 is 8.07 Å². The molecule has 4 rings (SSSR count). The molecule has 3 aliphatic carbocycles. The zero-order valence-corrected chi connectivity index (χ0v) is 22.7. The third kappa shape index (κ3) is 5.62. The van der Waals surface area contributed by atoms with Gasteiger partial charge in [0, 0.05) is 8.07 Å². The molecule has 148 valence electrons. The number of allylic oxidation sites excluding steroid dienone is 8. The van der Waals surface area contributed by atoms with Gasteiger partial charge in [0.2, 0.25) is 0 Å². The van der Waals surface area contributed by atoms with Crippen molar-refractivity contribution < 1.29 is 51.0 Å². The van der Waals surface area contributed by atoms with Crippen LogP contribution in [0.5, 0.6) is 0 Å². The topological polar surface area (TPSA) is 0 Å². The van der Waals surface area contributed by atoms with E-state index < -0.39 is 8.07 Å². The SMILES string of the molecule is CC1=[C-]C(C)(C)C(C)=C1C.C[Si]1(C2[CH-]CC3CC=CC=C32)CCC1.[Cl-].[Cl-].[Zr+4]. The molecule has 0 nitrogen and oxygen atoms in total. The van der Waals surface area contributed by atoms with Gasteiger partial charge in [-0.3, -0.25) is 6.08 Å². The average Bonchev–Trinajstić information content (AvgIpc) is 3.02. The number of hydrogen-bond donors (Lipinski definition) is 0. The minimum atomic E-state index is -0.830. The zero-order valence-electron chi connectivity index (χ0n) is 17.8. The van der Waals surface area contributed by atoms with Crippen LogP contribution >= 0.6 is 0 Å². The molecular weight excluding hydrogens is 466 g/mol. The molecule has 2 unspecified atom stereocenters. The molecule has 1 saturated heterocycles. The molecule has 0 amide bonds. The molecule has 2 fully saturated rings. The van der Waals surface area contributed by atoms with E-state index in [4.69, 9.17) is 0 Å². The molecule has 0 aromatic rings. The van der Waals surface area contributed by atoms with Crippen LogP contribution in [0.4, 0.5) is 0 Å². The first-order valence-corrected chi connectivity index (χ1v) is 12.7. The third-order valence-corrected chi connectivity index (χ3v) is 12.2. The van der Waals surface area contributed by atoms with Gasteiger partial charge in [-0.2, -0.15) is 17.6 Å². The first-order chi connectivity index (χ1) is 11.2. The summed E-state index contributed by atoms with van der Waals surface area (Å²) in [6.45, 7) is 13.5. The first-order valence-electron chi connectivity index (χ1n) is 9.74. The van der Waals surface area contributed by atoms with Crippen LogP contribution < -0.4 is 24.8 Å². The summed E-state index contributed by atoms with van der Waals surface area (Å²) in [5.41, 5.74) is 7.15. The van der Waals surface area contributed by atoms with E-state index in [1.54, 1.807) is 17.7 Å². The fourth-order valence-electron chi connectivity index (χ4n) is 4.86. The summed E-state index contributed by atoms with van der Waals surface area (Å²) < 4.78 is 0. The summed E-state index contributed by atoms with van der Waals surface area (Å²) in [5.74, 6) is 0.898. The van der Waals surface area contributed by atoms with Crippen LogP contribution in [0.25, 0.3) is 0 Å². The predicted octanol–water partition coefficient (Wildman–Crippen LogP) is 1.07. The molecule has 4 heteroatoms. The summed E-state index contributed by atoms with van der Waals surface area (Å²) in [6, 6.07) is 3.17. The van der Waals surface area contributed by atoms with Crippen molar-refractivity contribution in [2.45, 2.75) is 78.1 Å². The first kappa shape index (κ1) is 27.6. The normalized spacial score (nSPS) is 28.8. The van der Waals surface area contributed by atoms with Gasteiger partial charge in [-0.25, -0.2) is 5.57 Å². The molecule has 0 N–H and O–H groups in total. The van der Waals surface area contributed by atoms with E-state index in [0.29, 0.717) is 0 Å². The van der Waals surface area contributed by atoms with Gasteiger partial charge in [-0.15, -0.1) is 12.5 Å². The van der Waals surface area contributed by atoms with E-state index in [0.717, 1.165) is 11.5 Å². The van der Waals surface area contributed by atoms with Crippen LogP contribution in [0.3, 0.4) is 0 Å². The number of hydrogen-bond acceptors (Lipinski definition) is 0. The second-order valence-corrected chi connectivity index (χ2v) is 14.0. The second-order valence-electron chi connectivity index (χ2n) is 9.11. The molecule has 0 spiro atoms. The van der Waals surface area contributed by atoms with Gasteiger partial charge in [0.05, 0.1) is 0 Å². The largest absolute Gasteiger partial charge is 4.00 e. The maximum atomic E-state index is 3.44. The molecule has 1 saturated carbocycles. The molecule has 0 aromatic heterocycles. The maximum Gasteiger partial charge on any atom is 4.00 e. The number of halogens is 2. The fourth-order valence-corrected chi connectivity index (χ4v) is 8.79. The minimum absolute atomic E-state index is 0. The summed E-state index contributed by atoms with van der Waals surface area (Å²) in [7, 11) is -0.830. The van der Waals surface area contributed by atoms with Crippen molar-refractivity contribution in [3.05, 3.63) is 53.0 Å². The van der Waals surface area contributed by atoms with Crippen LogP contribution in [-0.4, -0.2) is 8.07 Å². The Bertz CT molecular complexity index is 639. The Labute approximate surface area is 200 Å². The Hall–Kier alpha value is 0.640. The smallest absolute Gasteiger partial charge is 1.00 e. The van der Waals surface area contributed by atoms with Gasteiger partial charge < -0.3 is 31.2 Å². The van der Waals surface area contributed by atoms with E-state index in [-0.39, 0.29) is 56.4 Å². The number of fused-ring (bicyclic) bond motifs is 1. The Morgan fingerprint density at radius 3 is 2.19 bits per heavy atom. The summed E-state index contributed by atoms with van der Waals surface area (Å²) in [5, 5.41) is 0. The van der Waals surface area contributed by atoms with Crippen molar-refractivity contribution in [3.63, 3.8) is 0 Å². The number of rotatable bonds is 1. The molecule has 0 radical (unpaired) electrons. The Balaban J connectivity index is 0.000000473. The van der Waals surface area contributed by atoms with Crippen molar-refractivity contribution in [1.82, 2.24) is 0 Å².